The highest BCUT2D eigenvalue weighted by Crippen LogP contribution is 2.45. The van der Waals surface area contributed by atoms with E-state index in [2.05, 4.69) is 0 Å². The quantitative estimate of drug-likeness (QED) is 0.770. The smallest absolute Gasteiger partial charge is 0.202 e. The van der Waals surface area contributed by atoms with Gasteiger partial charge in [-0.3, -0.25) is 0 Å². The Kier molecular flexibility index (Phi) is 2.71. The number of hydrogen-bond donors (Lipinski definition) is 2. The largest absolute Gasteiger partial charge is 0.488 e. The maximum Gasteiger partial charge on any atom is 0.202 e. The van der Waals surface area contributed by atoms with Gasteiger partial charge in [0, 0.05) is 12.0 Å². The molecule has 0 radical (unpaired) electrons. The standard InChI is InChI=1S/C11H14F2N2O/c12-7-1-2-8(15)10(9(7)13)16-6-11(5-14)3-4-11/h1-2H,3-6,14-15H2. The average Bonchev–Trinajstić information content (AvgIpc) is 3.05. The van der Waals surface area contributed by atoms with Crippen molar-refractivity contribution in [2.24, 2.45) is 11.1 Å². The van der Waals surface area contributed by atoms with Crippen LogP contribution in [0.5, 0.6) is 5.75 Å². The van der Waals surface area contributed by atoms with Gasteiger partial charge in [0.25, 0.3) is 0 Å². The molecule has 0 aliphatic heterocycles. The molecule has 0 heterocycles. The second-order valence-corrected chi connectivity index (χ2v) is 4.27. The Morgan fingerprint density at radius 3 is 2.56 bits per heavy atom. The van der Waals surface area contributed by atoms with E-state index in [0.29, 0.717) is 6.54 Å². The molecule has 1 aromatic rings. The van der Waals surface area contributed by atoms with Gasteiger partial charge < -0.3 is 16.2 Å². The number of hydrogen-bond acceptors (Lipinski definition) is 3. The maximum absolute atomic E-state index is 13.4. The van der Waals surface area contributed by atoms with Crippen LogP contribution in [0, 0.1) is 17.0 Å². The van der Waals surface area contributed by atoms with Crippen LogP contribution in [-0.4, -0.2) is 13.2 Å². The number of ether oxygens (including phenoxy) is 1. The first-order chi connectivity index (χ1) is 7.58. The Morgan fingerprint density at radius 2 is 2.00 bits per heavy atom. The van der Waals surface area contributed by atoms with E-state index in [1.54, 1.807) is 0 Å². The van der Waals surface area contributed by atoms with Crippen LogP contribution in [-0.2, 0) is 0 Å². The minimum Gasteiger partial charge on any atom is -0.488 e. The molecule has 0 atom stereocenters. The summed E-state index contributed by atoms with van der Waals surface area (Å²) < 4.78 is 31.5. The Hall–Kier alpha value is -1.36. The van der Waals surface area contributed by atoms with Gasteiger partial charge >= 0.3 is 0 Å². The number of halogens is 2. The molecule has 16 heavy (non-hydrogen) atoms. The lowest BCUT2D eigenvalue weighted by molar-refractivity contribution is 0.228. The third kappa shape index (κ3) is 1.95. The van der Waals surface area contributed by atoms with Gasteiger partial charge in [-0.2, -0.15) is 4.39 Å². The number of rotatable bonds is 4. The zero-order valence-electron chi connectivity index (χ0n) is 8.80. The molecular weight excluding hydrogens is 214 g/mol. The highest BCUT2D eigenvalue weighted by molar-refractivity contribution is 5.53. The van der Waals surface area contributed by atoms with Gasteiger partial charge in [-0.15, -0.1) is 0 Å². The van der Waals surface area contributed by atoms with Crippen molar-refractivity contribution >= 4 is 5.69 Å². The lowest BCUT2D eigenvalue weighted by atomic mass is 10.1. The molecule has 2 rings (SSSR count). The zero-order chi connectivity index (χ0) is 11.8. The number of nitrogens with two attached hydrogens (primary N) is 2. The predicted molar refractivity (Wildman–Crippen MR) is 57.0 cm³/mol. The van der Waals surface area contributed by atoms with Crippen molar-refractivity contribution in [1.29, 1.82) is 0 Å². The van der Waals surface area contributed by atoms with Crippen LogP contribution in [0.1, 0.15) is 12.8 Å². The summed E-state index contributed by atoms with van der Waals surface area (Å²) in [6.45, 7) is 0.776. The van der Waals surface area contributed by atoms with Gasteiger partial charge in [-0.05, 0) is 25.0 Å². The first kappa shape index (κ1) is 11.1. The molecule has 0 aromatic heterocycles. The number of benzene rings is 1. The molecule has 0 spiro atoms. The maximum atomic E-state index is 13.4. The molecule has 0 unspecified atom stereocenters. The third-order valence-electron chi connectivity index (χ3n) is 2.99. The van der Waals surface area contributed by atoms with Crippen molar-refractivity contribution in [3.05, 3.63) is 23.8 Å². The summed E-state index contributed by atoms with van der Waals surface area (Å²) in [7, 11) is 0. The van der Waals surface area contributed by atoms with Gasteiger partial charge in [0.1, 0.15) is 0 Å². The molecule has 1 fully saturated rings. The van der Waals surface area contributed by atoms with Crippen molar-refractivity contribution in [2.75, 3.05) is 18.9 Å². The van der Waals surface area contributed by atoms with Crippen LogP contribution in [0.3, 0.4) is 0 Å². The van der Waals surface area contributed by atoms with E-state index >= 15 is 0 Å². The highest BCUT2D eigenvalue weighted by atomic mass is 19.2. The molecule has 1 saturated carbocycles. The summed E-state index contributed by atoms with van der Waals surface area (Å²) in [6.07, 6.45) is 1.92. The number of nitrogen functional groups attached to an aromatic ring is 1. The van der Waals surface area contributed by atoms with Gasteiger partial charge in [0.2, 0.25) is 5.82 Å². The molecule has 0 amide bonds. The zero-order valence-corrected chi connectivity index (χ0v) is 8.80. The van der Waals surface area contributed by atoms with Gasteiger partial charge in [-0.25, -0.2) is 4.39 Å². The molecule has 88 valence electrons. The van der Waals surface area contributed by atoms with Crippen LogP contribution in [0.2, 0.25) is 0 Å². The van der Waals surface area contributed by atoms with E-state index in [0.717, 1.165) is 18.9 Å². The predicted octanol–water partition coefficient (Wildman–Crippen LogP) is 1.66. The van der Waals surface area contributed by atoms with Crippen LogP contribution in [0.25, 0.3) is 0 Å². The van der Waals surface area contributed by atoms with E-state index in [1.165, 1.54) is 6.07 Å². The van der Waals surface area contributed by atoms with E-state index in [4.69, 9.17) is 16.2 Å². The highest BCUT2D eigenvalue weighted by Gasteiger charge is 2.42. The monoisotopic (exact) mass is 228 g/mol. The van der Waals surface area contributed by atoms with Crippen molar-refractivity contribution in [1.82, 2.24) is 0 Å². The average molecular weight is 228 g/mol. The van der Waals surface area contributed by atoms with E-state index in [-0.39, 0.29) is 23.5 Å². The Morgan fingerprint density at radius 1 is 1.31 bits per heavy atom. The van der Waals surface area contributed by atoms with Gasteiger partial charge in [-0.1, -0.05) is 0 Å². The van der Waals surface area contributed by atoms with E-state index in [1.807, 2.05) is 0 Å². The fraction of sp³-hybridized carbons (Fsp3) is 0.455. The summed E-state index contributed by atoms with van der Waals surface area (Å²) in [6, 6.07) is 2.27. The molecule has 1 aliphatic carbocycles. The Balaban J connectivity index is 2.12. The topological polar surface area (TPSA) is 61.3 Å². The van der Waals surface area contributed by atoms with Gasteiger partial charge in [0.05, 0.1) is 12.3 Å². The fourth-order valence-electron chi connectivity index (χ4n) is 1.50. The Bertz CT molecular complexity index is 405. The third-order valence-corrected chi connectivity index (χ3v) is 2.99. The van der Waals surface area contributed by atoms with E-state index < -0.39 is 11.6 Å². The van der Waals surface area contributed by atoms with Crippen LogP contribution in [0.4, 0.5) is 14.5 Å². The van der Waals surface area contributed by atoms with Crippen molar-refractivity contribution in [3.63, 3.8) is 0 Å². The molecule has 0 saturated heterocycles. The molecule has 0 bridgehead atoms. The molecular formula is C11H14F2N2O. The SMILES string of the molecule is NCC1(COc2c(N)ccc(F)c2F)CC1. The van der Waals surface area contributed by atoms with Crippen LogP contribution in [0.15, 0.2) is 12.1 Å². The summed E-state index contributed by atoms with van der Waals surface area (Å²) in [5.74, 6) is -2.20. The lowest BCUT2D eigenvalue weighted by Gasteiger charge is -2.15. The minimum absolute atomic E-state index is 0.0643. The summed E-state index contributed by atoms with van der Waals surface area (Å²) in [4.78, 5) is 0. The molecule has 4 N–H and O–H groups in total. The van der Waals surface area contributed by atoms with Crippen molar-refractivity contribution in [3.8, 4) is 5.75 Å². The first-order valence-electron chi connectivity index (χ1n) is 5.14. The van der Waals surface area contributed by atoms with Crippen molar-refractivity contribution < 1.29 is 13.5 Å². The molecule has 1 aliphatic rings. The Labute approximate surface area is 92.4 Å². The lowest BCUT2D eigenvalue weighted by Crippen LogP contribution is -2.23. The van der Waals surface area contributed by atoms with Gasteiger partial charge in [0.15, 0.2) is 11.6 Å². The minimum atomic E-state index is -1.03. The normalized spacial score (nSPS) is 17.2. The van der Waals surface area contributed by atoms with Crippen LogP contribution < -0.4 is 16.2 Å². The molecule has 5 heteroatoms. The second kappa shape index (κ2) is 3.90. The number of anilines is 1. The molecule has 3 nitrogen and oxygen atoms in total. The van der Waals surface area contributed by atoms with Crippen molar-refractivity contribution in [2.45, 2.75) is 12.8 Å². The van der Waals surface area contributed by atoms with Crippen LogP contribution >= 0.6 is 0 Å². The summed E-state index contributed by atoms with van der Waals surface area (Å²) >= 11 is 0. The molecule has 1 aromatic carbocycles. The summed E-state index contributed by atoms with van der Waals surface area (Å²) in [5.41, 5.74) is 11.1. The second-order valence-electron chi connectivity index (χ2n) is 4.27. The first-order valence-corrected chi connectivity index (χ1v) is 5.14. The van der Waals surface area contributed by atoms with E-state index in [9.17, 15) is 8.78 Å². The fourth-order valence-corrected chi connectivity index (χ4v) is 1.50. The summed E-state index contributed by atoms with van der Waals surface area (Å²) in [5, 5.41) is 0.